The average Bonchev–Trinajstić information content (AvgIpc) is 2.69. The van der Waals surface area contributed by atoms with Gasteiger partial charge in [-0.3, -0.25) is 14.5 Å². The van der Waals surface area contributed by atoms with Crippen LogP contribution in [0.1, 0.15) is 12.8 Å². The molecule has 1 aromatic rings. The summed E-state index contributed by atoms with van der Waals surface area (Å²) >= 11 is 1.92. The molecule has 7 heteroatoms. The number of rotatable bonds is 5. The van der Waals surface area contributed by atoms with Crippen molar-refractivity contribution in [3.8, 4) is 5.75 Å². The normalized spacial score (nSPS) is 19.2. The fourth-order valence-electron chi connectivity index (χ4n) is 3.48. The van der Waals surface area contributed by atoms with Crippen molar-refractivity contribution in [1.29, 1.82) is 0 Å². The topological polar surface area (TPSA) is 61.9 Å². The predicted octanol–water partition coefficient (Wildman–Crippen LogP) is 1.92. The molecular weight excluding hydrogens is 350 g/mol. The van der Waals surface area contributed by atoms with E-state index < -0.39 is 0 Å². The number of hydrogen-bond donors (Lipinski definition) is 1. The Kier molecular flexibility index (Phi) is 6.80. The molecule has 1 aromatic carbocycles. The van der Waals surface area contributed by atoms with Crippen molar-refractivity contribution < 1.29 is 14.3 Å². The molecule has 0 unspecified atom stereocenters. The second kappa shape index (κ2) is 9.28. The number of nitrogens with zero attached hydrogens (tertiary/aromatic N) is 2. The summed E-state index contributed by atoms with van der Waals surface area (Å²) in [4.78, 5) is 29.0. The Morgan fingerprint density at radius 2 is 1.92 bits per heavy atom. The van der Waals surface area contributed by atoms with Gasteiger partial charge in [0.1, 0.15) is 5.75 Å². The van der Waals surface area contributed by atoms with Crippen LogP contribution < -0.4 is 10.1 Å². The standard InChI is InChI=1S/C19H27N3O3S/c1-25-17-4-2-3-16(13-17)20-18(23)14-21-7-5-15(6-8-21)19(24)22-9-11-26-12-10-22/h2-4,13,15H,5-12,14H2,1H3,(H,20,23). The molecule has 1 N–H and O–H groups in total. The Morgan fingerprint density at radius 1 is 1.19 bits per heavy atom. The van der Waals surface area contributed by atoms with E-state index in [4.69, 9.17) is 4.74 Å². The van der Waals surface area contributed by atoms with E-state index in [-0.39, 0.29) is 11.8 Å². The number of likely N-dealkylation sites (tertiary alicyclic amines) is 1. The summed E-state index contributed by atoms with van der Waals surface area (Å²) in [6, 6.07) is 7.35. The van der Waals surface area contributed by atoms with Gasteiger partial charge in [-0.25, -0.2) is 0 Å². The van der Waals surface area contributed by atoms with Crippen LogP contribution in [0.3, 0.4) is 0 Å². The van der Waals surface area contributed by atoms with Gasteiger partial charge in [0, 0.05) is 42.3 Å². The molecule has 2 aliphatic heterocycles. The highest BCUT2D eigenvalue weighted by molar-refractivity contribution is 7.99. The van der Waals surface area contributed by atoms with Gasteiger partial charge in [0.2, 0.25) is 11.8 Å². The molecule has 0 spiro atoms. The Balaban J connectivity index is 1.43. The highest BCUT2D eigenvalue weighted by atomic mass is 32.2. The number of amides is 2. The maximum absolute atomic E-state index is 12.6. The Labute approximate surface area is 159 Å². The summed E-state index contributed by atoms with van der Waals surface area (Å²) in [5.74, 6) is 3.22. The van der Waals surface area contributed by atoms with Gasteiger partial charge in [0.25, 0.3) is 0 Å². The molecule has 142 valence electrons. The van der Waals surface area contributed by atoms with Crippen LogP contribution in [0.4, 0.5) is 5.69 Å². The number of piperidine rings is 1. The number of methoxy groups -OCH3 is 1. The zero-order chi connectivity index (χ0) is 18.4. The smallest absolute Gasteiger partial charge is 0.238 e. The van der Waals surface area contributed by atoms with Crippen molar-refractivity contribution in [2.45, 2.75) is 12.8 Å². The van der Waals surface area contributed by atoms with Crippen LogP contribution in [-0.4, -0.2) is 73.0 Å². The molecule has 6 nitrogen and oxygen atoms in total. The third-order valence-electron chi connectivity index (χ3n) is 4.98. The van der Waals surface area contributed by atoms with E-state index in [9.17, 15) is 9.59 Å². The first-order valence-electron chi connectivity index (χ1n) is 9.18. The highest BCUT2D eigenvalue weighted by Crippen LogP contribution is 2.22. The molecule has 0 bridgehead atoms. The molecule has 0 aliphatic carbocycles. The third kappa shape index (κ3) is 5.14. The second-order valence-corrected chi connectivity index (χ2v) is 7.99. The molecule has 2 saturated heterocycles. The van der Waals surface area contributed by atoms with E-state index >= 15 is 0 Å². The predicted molar refractivity (Wildman–Crippen MR) is 105 cm³/mol. The van der Waals surface area contributed by atoms with Crippen LogP contribution in [0.2, 0.25) is 0 Å². The number of thioether (sulfide) groups is 1. The largest absolute Gasteiger partial charge is 0.497 e. The van der Waals surface area contributed by atoms with Gasteiger partial charge >= 0.3 is 0 Å². The lowest BCUT2D eigenvalue weighted by atomic mass is 9.95. The van der Waals surface area contributed by atoms with Crippen LogP contribution in [-0.2, 0) is 9.59 Å². The molecule has 2 aliphatic rings. The van der Waals surface area contributed by atoms with Crippen molar-refractivity contribution in [3.63, 3.8) is 0 Å². The summed E-state index contributed by atoms with van der Waals surface area (Å²) in [6.07, 6.45) is 1.68. The second-order valence-electron chi connectivity index (χ2n) is 6.77. The molecule has 0 atom stereocenters. The van der Waals surface area contributed by atoms with Gasteiger partial charge in [-0.05, 0) is 38.1 Å². The van der Waals surface area contributed by atoms with E-state index in [1.165, 1.54) is 0 Å². The molecule has 0 aromatic heterocycles. The van der Waals surface area contributed by atoms with Crippen molar-refractivity contribution in [3.05, 3.63) is 24.3 Å². The quantitative estimate of drug-likeness (QED) is 0.850. The van der Waals surface area contributed by atoms with Crippen LogP contribution in [0.25, 0.3) is 0 Å². The Hall–Kier alpha value is -1.73. The summed E-state index contributed by atoms with van der Waals surface area (Å²) < 4.78 is 5.17. The summed E-state index contributed by atoms with van der Waals surface area (Å²) in [7, 11) is 1.61. The molecule has 2 amide bonds. The lowest BCUT2D eigenvalue weighted by Crippen LogP contribution is -2.46. The zero-order valence-electron chi connectivity index (χ0n) is 15.3. The minimum atomic E-state index is -0.0314. The number of hydrogen-bond acceptors (Lipinski definition) is 5. The van der Waals surface area contributed by atoms with Crippen LogP contribution in [0, 0.1) is 5.92 Å². The summed E-state index contributed by atoms with van der Waals surface area (Å²) in [6.45, 7) is 3.72. The van der Waals surface area contributed by atoms with E-state index in [1.54, 1.807) is 13.2 Å². The van der Waals surface area contributed by atoms with Gasteiger partial charge in [-0.2, -0.15) is 11.8 Å². The summed E-state index contributed by atoms with van der Waals surface area (Å²) in [5.41, 5.74) is 0.738. The molecule has 3 rings (SSSR count). The van der Waals surface area contributed by atoms with Gasteiger partial charge in [-0.15, -0.1) is 0 Å². The molecule has 26 heavy (non-hydrogen) atoms. The Bertz CT molecular complexity index is 626. The highest BCUT2D eigenvalue weighted by Gasteiger charge is 2.29. The van der Waals surface area contributed by atoms with Crippen LogP contribution >= 0.6 is 11.8 Å². The zero-order valence-corrected chi connectivity index (χ0v) is 16.1. The van der Waals surface area contributed by atoms with Crippen molar-refractivity contribution >= 4 is 29.3 Å². The van der Waals surface area contributed by atoms with E-state index in [2.05, 4.69) is 10.2 Å². The molecule has 0 saturated carbocycles. The van der Waals surface area contributed by atoms with E-state index in [0.717, 1.165) is 62.0 Å². The molecule has 0 radical (unpaired) electrons. The molecular formula is C19H27N3O3S. The van der Waals surface area contributed by atoms with Gasteiger partial charge in [-0.1, -0.05) is 6.07 Å². The molecule has 2 fully saturated rings. The first kappa shape index (κ1) is 19.0. The fourth-order valence-corrected chi connectivity index (χ4v) is 4.39. The first-order valence-corrected chi connectivity index (χ1v) is 10.3. The van der Waals surface area contributed by atoms with Crippen molar-refractivity contribution in [2.75, 3.05) is 56.7 Å². The first-order chi connectivity index (χ1) is 12.7. The van der Waals surface area contributed by atoms with Crippen LogP contribution in [0.15, 0.2) is 24.3 Å². The fraction of sp³-hybridized carbons (Fsp3) is 0.579. The van der Waals surface area contributed by atoms with Gasteiger partial charge in [0.05, 0.1) is 13.7 Å². The van der Waals surface area contributed by atoms with E-state index in [1.807, 2.05) is 34.9 Å². The maximum Gasteiger partial charge on any atom is 0.238 e. The van der Waals surface area contributed by atoms with Gasteiger partial charge < -0.3 is 15.0 Å². The lowest BCUT2D eigenvalue weighted by Gasteiger charge is -2.35. The minimum absolute atomic E-state index is 0.0314. The average molecular weight is 378 g/mol. The van der Waals surface area contributed by atoms with Crippen LogP contribution in [0.5, 0.6) is 5.75 Å². The molecule has 2 heterocycles. The maximum atomic E-state index is 12.6. The number of anilines is 1. The SMILES string of the molecule is COc1cccc(NC(=O)CN2CCC(C(=O)N3CCSCC3)CC2)c1. The lowest BCUT2D eigenvalue weighted by molar-refractivity contribution is -0.136. The summed E-state index contributed by atoms with van der Waals surface area (Å²) in [5, 5.41) is 2.91. The number of benzene rings is 1. The number of ether oxygens (including phenoxy) is 1. The third-order valence-corrected chi connectivity index (χ3v) is 5.92. The minimum Gasteiger partial charge on any atom is -0.497 e. The Morgan fingerprint density at radius 3 is 2.62 bits per heavy atom. The van der Waals surface area contributed by atoms with Crippen molar-refractivity contribution in [1.82, 2.24) is 9.80 Å². The number of carbonyl (C=O) groups is 2. The van der Waals surface area contributed by atoms with Crippen molar-refractivity contribution in [2.24, 2.45) is 5.92 Å². The monoisotopic (exact) mass is 377 g/mol. The number of carbonyl (C=O) groups excluding carboxylic acids is 2. The van der Waals surface area contributed by atoms with Gasteiger partial charge in [0.15, 0.2) is 0 Å². The number of nitrogens with one attached hydrogen (secondary N) is 1. The van der Waals surface area contributed by atoms with E-state index in [0.29, 0.717) is 12.5 Å².